The van der Waals surface area contributed by atoms with E-state index in [1.54, 1.807) is 6.21 Å². The molecule has 0 aliphatic rings. The van der Waals surface area contributed by atoms with Crippen LogP contribution < -0.4 is 0 Å². The van der Waals surface area contributed by atoms with Gasteiger partial charge in [0.15, 0.2) is 0 Å². The van der Waals surface area contributed by atoms with E-state index in [0.29, 0.717) is 0 Å². The minimum atomic E-state index is 0.778. The molecule has 0 aliphatic heterocycles. The Morgan fingerprint density at radius 3 is 2.77 bits per heavy atom. The van der Waals surface area contributed by atoms with Gasteiger partial charge in [-0.3, -0.25) is 0 Å². The molecule has 0 atom stereocenters. The van der Waals surface area contributed by atoms with Crippen molar-refractivity contribution in [2.24, 2.45) is 5.16 Å². The summed E-state index contributed by atoms with van der Waals surface area (Å²) in [5.74, 6) is 0. The van der Waals surface area contributed by atoms with Crippen molar-refractivity contribution in [3.05, 3.63) is 32.7 Å². The summed E-state index contributed by atoms with van der Waals surface area (Å²) in [5.41, 5.74) is 1.19. The van der Waals surface area contributed by atoms with E-state index in [0.717, 1.165) is 15.4 Å². The van der Waals surface area contributed by atoms with Gasteiger partial charge >= 0.3 is 0 Å². The van der Waals surface area contributed by atoms with Crippen molar-refractivity contribution >= 4 is 38.1 Å². The summed E-state index contributed by atoms with van der Waals surface area (Å²) in [4.78, 5) is 4.57. The Bertz CT molecular complexity index is 312. The molecule has 0 saturated carbocycles. The van der Waals surface area contributed by atoms with Gasteiger partial charge in [0.05, 0.1) is 0 Å². The minimum absolute atomic E-state index is 0.778. The lowest BCUT2D eigenvalue weighted by Gasteiger charge is -1.99. The highest BCUT2D eigenvalue weighted by Crippen LogP contribution is 2.23. The van der Waals surface area contributed by atoms with E-state index in [1.165, 1.54) is 12.7 Å². The molecule has 1 aromatic rings. The summed E-state index contributed by atoms with van der Waals surface area (Å²) in [6.07, 6.45) is 2.51. The lowest BCUT2D eigenvalue weighted by molar-refractivity contribution is 0.215. The molecule has 0 N–H and O–H groups in total. The molecule has 0 heterocycles. The van der Waals surface area contributed by atoms with Crippen LogP contribution >= 0.6 is 31.9 Å². The molecule has 4 heteroatoms. The second-order valence-electron chi connectivity index (χ2n) is 2.42. The van der Waals surface area contributed by atoms with Crippen molar-refractivity contribution in [1.29, 1.82) is 0 Å². The van der Waals surface area contributed by atoms with Gasteiger partial charge in [0.1, 0.15) is 7.11 Å². The third-order valence-electron chi connectivity index (χ3n) is 1.49. The molecule has 0 unspecified atom stereocenters. The van der Waals surface area contributed by atoms with E-state index >= 15 is 0 Å². The zero-order chi connectivity index (χ0) is 9.68. The molecule has 2 nitrogen and oxygen atoms in total. The van der Waals surface area contributed by atoms with Crippen LogP contribution in [0.3, 0.4) is 0 Å². The van der Waals surface area contributed by atoms with Crippen molar-refractivity contribution in [1.82, 2.24) is 0 Å². The number of nitrogens with zero attached hydrogens (tertiary/aromatic N) is 1. The molecule has 0 spiro atoms. The number of oxime groups is 1. The molecular formula is C9H9Br2NO. The summed E-state index contributed by atoms with van der Waals surface area (Å²) < 4.78 is 2.11. The molecule has 13 heavy (non-hydrogen) atoms. The van der Waals surface area contributed by atoms with Gasteiger partial charge in [-0.25, -0.2) is 0 Å². The Morgan fingerprint density at radius 1 is 1.38 bits per heavy atom. The van der Waals surface area contributed by atoms with Crippen molar-refractivity contribution < 1.29 is 4.84 Å². The summed E-state index contributed by atoms with van der Waals surface area (Å²) in [7, 11) is 1.54. The highest BCUT2D eigenvalue weighted by atomic mass is 79.9. The standard InChI is InChI=1S/C9H9Br2NO/c1-13-12-5-4-7-2-3-8(10)9(11)6-7/h2-3,5-6H,4H2,1H3. The average molecular weight is 307 g/mol. The fourth-order valence-electron chi connectivity index (χ4n) is 0.884. The smallest absolute Gasteiger partial charge is 0.106 e. The number of benzene rings is 1. The minimum Gasteiger partial charge on any atom is -0.399 e. The monoisotopic (exact) mass is 305 g/mol. The van der Waals surface area contributed by atoms with E-state index < -0.39 is 0 Å². The SMILES string of the molecule is CON=CCc1ccc(Br)c(Br)c1. The van der Waals surface area contributed by atoms with Crippen LogP contribution in [0.25, 0.3) is 0 Å². The zero-order valence-corrected chi connectivity index (χ0v) is 10.3. The van der Waals surface area contributed by atoms with Gasteiger partial charge < -0.3 is 4.84 Å². The lowest BCUT2D eigenvalue weighted by atomic mass is 10.2. The maximum Gasteiger partial charge on any atom is 0.106 e. The molecular weight excluding hydrogens is 298 g/mol. The van der Waals surface area contributed by atoms with Gasteiger partial charge in [-0.15, -0.1) is 0 Å². The van der Waals surface area contributed by atoms with Gasteiger partial charge in [-0.2, -0.15) is 0 Å². The van der Waals surface area contributed by atoms with Crippen molar-refractivity contribution in [3.8, 4) is 0 Å². The van der Waals surface area contributed by atoms with Crippen LogP contribution in [-0.4, -0.2) is 13.3 Å². The van der Waals surface area contributed by atoms with Crippen LogP contribution in [0.1, 0.15) is 5.56 Å². The predicted molar refractivity (Wildman–Crippen MR) is 61.0 cm³/mol. The molecule has 0 amide bonds. The first-order chi connectivity index (χ1) is 6.24. The first-order valence-electron chi connectivity index (χ1n) is 3.73. The summed E-state index contributed by atoms with van der Waals surface area (Å²) >= 11 is 6.84. The van der Waals surface area contributed by atoms with Crippen molar-refractivity contribution in [2.75, 3.05) is 7.11 Å². The van der Waals surface area contributed by atoms with Crippen molar-refractivity contribution in [3.63, 3.8) is 0 Å². The van der Waals surface area contributed by atoms with E-state index in [9.17, 15) is 0 Å². The van der Waals surface area contributed by atoms with E-state index in [2.05, 4.69) is 41.9 Å². The first kappa shape index (κ1) is 10.7. The fraction of sp³-hybridized carbons (Fsp3) is 0.222. The molecule has 1 aromatic carbocycles. The van der Waals surface area contributed by atoms with E-state index in [1.807, 2.05) is 18.2 Å². The van der Waals surface area contributed by atoms with Crippen LogP contribution in [0, 0.1) is 0 Å². The topological polar surface area (TPSA) is 21.6 Å². The predicted octanol–water partition coefficient (Wildman–Crippen LogP) is 3.39. The molecule has 0 radical (unpaired) electrons. The highest BCUT2D eigenvalue weighted by molar-refractivity contribution is 9.13. The maximum absolute atomic E-state index is 4.57. The van der Waals surface area contributed by atoms with Crippen LogP contribution in [0.15, 0.2) is 32.3 Å². The zero-order valence-electron chi connectivity index (χ0n) is 7.13. The van der Waals surface area contributed by atoms with Gasteiger partial charge in [-0.1, -0.05) is 11.2 Å². The maximum atomic E-state index is 4.57. The molecule has 0 bridgehead atoms. The Balaban J connectivity index is 2.68. The quantitative estimate of drug-likeness (QED) is 0.619. The second-order valence-corrected chi connectivity index (χ2v) is 4.13. The normalized spacial score (nSPS) is 10.7. The third-order valence-corrected chi connectivity index (χ3v) is 3.37. The average Bonchev–Trinajstić information content (AvgIpc) is 2.12. The number of hydrogen-bond donors (Lipinski definition) is 0. The molecule has 1 rings (SSSR count). The van der Waals surface area contributed by atoms with Gasteiger partial charge in [0.25, 0.3) is 0 Å². The van der Waals surface area contributed by atoms with Crippen LogP contribution in [-0.2, 0) is 11.3 Å². The van der Waals surface area contributed by atoms with Gasteiger partial charge in [-0.05, 0) is 49.6 Å². The second kappa shape index (κ2) is 5.40. The summed E-state index contributed by atoms with van der Waals surface area (Å²) in [6.45, 7) is 0. The van der Waals surface area contributed by atoms with Crippen LogP contribution in [0.2, 0.25) is 0 Å². The summed E-state index contributed by atoms with van der Waals surface area (Å²) in [5, 5.41) is 3.67. The van der Waals surface area contributed by atoms with Crippen LogP contribution in [0.4, 0.5) is 0 Å². The Labute approximate surface area is 94.2 Å². The van der Waals surface area contributed by atoms with Crippen LogP contribution in [0.5, 0.6) is 0 Å². The summed E-state index contributed by atoms with van der Waals surface area (Å²) in [6, 6.07) is 6.09. The molecule has 0 aromatic heterocycles. The molecule has 70 valence electrons. The lowest BCUT2D eigenvalue weighted by Crippen LogP contribution is -1.86. The highest BCUT2D eigenvalue weighted by Gasteiger charge is 1.96. The number of halogens is 2. The first-order valence-corrected chi connectivity index (χ1v) is 5.31. The van der Waals surface area contributed by atoms with E-state index in [-0.39, 0.29) is 0 Å². The largest absolute Gasteiger partial charge is 0.399 e. The van der Waals surface area contributed by atoms with Crippen molar-refractivity contribution in [2.45, 2.75) is 6.42 Å². The van der Waals surface area contributed by atoms with Gasteiger partial charge in [0.2, 0.25) is 0 Å². The number of hydrogen-bond acceptors (Lipinski definition) is 2. The number of rotatable bonds is 3. The van der Waals surface area contributed by atoms with E-state index in [4.69, 9.17) is 0 Å². The molecule has 0 saturated heterocycles. The third kappa shape index (κ3) is 3.48. The fourth-order valence-corrected chi connectivity index (χ4v) is 1.56. The Morgan fingerprint density at radius 2 is 2.15 bits per heavy atom. The molecule has 0 aliphatic carbocycles. The molecule has 0 fully saturated rings. The Hall–Kier alpha value is -0.350. The van der Waals surface area contributed by atoms with Gasteiger partial charge in [0, 0.05) is 21.6 Å². The Kier molecular flexibility index (Phi) is 4.45.